The van der Waals surface area contributed by atoms with E-state index in [2.05, 4.69) is 19.2 Å². The maximum atomic E-state index is 5.69. The molecule has 0 aromatic carbocycles. The minimum Gasteiger partial charge on any atom is -0.448 e. The van der Waals surface area contributed by atoms with E-state index >= 15 is 0 Å². The van der Waals surface area contributed by atoms with Gasteiger partial charge in [-0.25, -0.2) is 0 Å². The van der Waals surface area contributed by atoms with Crippen LogP contribution in [0.25, 0.3) is 0 Å². The minimum absolute atomic E-state index is 0.221. The predicted octanol–water partition coefficient (Wildman–Crippen LogP) is 3.21. The molecule has 1 aromatic rings. The average Bonchev–Trinajstić information content (AvgIpc) is 2.89. The summed E-state index contributed by atoms with van der Waals surface area (Å²) in [5.41, 5.74) is 0.221. The predicted molar refractivity (Wildman–Crippen MR) is 57.4 cm³/mol. The van der Waals surface area contributed by atoms with Gasteiger partial charge in [0, 0.05) is 5.54 Å². The average molecular weight is 214 g/mol. The Bertz CT molecular complexity index is 315. The molecule has 1 saturated carbocycles. The van der Waals surface area contributed by atoms with Gasteiger partial charge in [0.1, 0.15) is 5.76 Å². The van der Waals surface area contributed by atoms with E-state index in [-0.39, 0.29) is 5.54 Å². The first-order valence-electron chi connectivity index (χ1n) is 5.07. The number of furan rings is 1. The van der Waals surface area contributed by atoms with E-state index in [1.165, 1.54) is 12.8 Å². The van der Waals surface area contributed by atoms with Crippen molar-refractivity contribution in [2.24, 2.45) is 5.92 Å². The highest BCUT2D eigenvalue weighted by Crippen LogP contribution is 2.39. The summed E-state index contributed by atoms with van der Waals surface area (Å²) in [6.07, 6.45) is 2.69. The first-order chi connectivity index (χ1) is 6.58. The summed E-state index contributed by atoms with van der Waals surface area (Å²) in [7, 11) is 0. The van der Waals surface area contributed by atoms with Crippen molar-refractivity contribution in [1.82, 2.24) is 5.32 Å². The molecule has 1 heterocycles. The Balaban J connectivity index is 1.87. The van der Waals surface area contributed by atoms with E-state index in [0.717, 1.165) is 18.2 Å². The lowest BCUT2D eigenvalue weighted by Crippen LogP contribution is -2.40. The molecule has 0 spiro atoms. The highest BCUT2D eigenvalue weighted by molar-refractivity contribution is 6.28. The molecule has 2 rings (SSSR count). The molecular weight excluding hydrogens is 198 g/mol. The van der Waals surface area contributed by atoms with Crippen LogP contribution in [0.3, 0.4) is 0 Å². The van der Waals surface area contributed by atoms with Crippen LogP contribution in [-0.4, -0.2) is 5.54 Å². The molecule has 3 heteroatoms. The van der Waals surface area contributed by atoms with Gasteiger partial charge in [-0.3, -0.25) is 0 Å². The molecule has 78 valence electrons. The Labute approximate surface area is 89.6 Å². The molecular formula is C11H16ClNO. The summed E-state index contributed by atoms with van der Waals surface area (Å²) in [5, 5.41) is 3.96. The van der Waals surface area contributed by atoms with Crippen LogP contribution in [0.4, 0.5) is 0 Å². The zero-order valence-electron chi connectivity index (χ0n) is 8.64. The Kier molecular flexibility index (Phi) is 2.58. The molecule has 0 radical (unpaired) electrons. The highest BCUT2D eigenvalue weighted by atomic mass is 35.5. The molecule has 0 aliphatic heterocycles. The van der Waals surface area contributed by atoms with Gasteiger partial charge in [0.25, 0.3) is 0 Å². The molecule has 1 aromatic heterocycles. The molecule has 0 bridgehead atoms. The molecule has 0 unspecified atom stereocenters. The van der Waals surface area contributed by atoms with Crippen LogP contribution in [0.2, 0.25) is 5.22 Å². The maximum absolute atomic E-state index is 5.69. The van der Waals surface area contributed by atoms with Gasteiger partial charge in [-0.1, -0.05) is 0 Å². The van der Waals surface area contributed by atoms with Crippen molar-refractivity contribution >= 4 is 11.6 Å². The first-order valence-corrected chi connectivity index (χ1v) is 5.45. The fraction of sp³-hybridized carbons (Fsp3) is 0.636. The van der Waals surface area contributed by atoms with Gasteiger partial charge in [0.15, 0.2) is 5.22 Å². The number of hydrogen-bond acceptors (Lipinski definition) is 2. The standard InChI is InChI=1S/C11H16ClNO/c1-11(2,8-3-4-8)13-7-9-5-6-10(12)14-9/h5-6,8,13H,3-4,7H2,1-2H3. The molecule has 0 amide bonds. The quantitative estimate of drug-likeness (QED) is 0.831. The van der Waals surface area contributed by atoms with Crippen molar-refractivity contribution in [3.63, 3.8) is 0 Å². The third kappa shape index (κ3) is 2.31. The van der Waals surface area contributed by atoms with Gasteiger partial charge in [0.05, 0.1) is 6.54 Å². The number of halogens is 1. The Morgan fingerprint density at radius 2 is 2.21 bits per heavy atom. The first kappa shape index (κ1) is 10.1. The van der Waals surface area contributed by atoms with Crippen molar-refractivity contribution in [3.8, 4) is 0 Å². The molecule has 1 aliphatic carbocycles. The fourth-order valence-electron chi connectivity index (χ4n) is 1.71. The van der Waals surface area contributed by atoms with Crippen molar-refractivity contribution in [1.29, 1.82) is 0 Å². The van der Waals surface area contributed by atoms with Crippen LogP contribution in [0.5, 0.6) is 0 Å². The Morgan fingerprint density at radius 3 is 2.71 bits per heavy atom. The SMILES string of the molecule is CC(C)(NCc1ccc(Cl)o1)C1CC1. The van der Waals surface area contributed by atoms with Gasteiger partial charge in [-0.2, -0.15) is 0 Å². The molecule has 1 N–H and O–H groups in total. The summed E-state index contributed by atoms with van der Waals surface area (Å²) in [6, 6.07) is 3.70. The second kappa shape index (κ2) is 3.59. The van der Waals surface area contributed by atoms with Crippen molar-refractivity contribution in [2.45, 2.75) is 38.8 Å². The summed E-state index contributed by atoms with van der Waals surface area (Å²) in [4.78, 5) is 0. The zero-order chi connectivity index (χ0) is 10.2. The van der Waals surface area contributed by atoms with Gasteiger partial charge in [-0.15, -0.1) is 0 Å². The summed E-state index contributed by atoms with van der Waals surface area (Å²) < 4.78 is 5.28. The van der Waals surface area contributed by atoms with Gasteiger partial charge < -0.3 is 9.73 Å². The third-order valence-electron chi connectivity index (χ3n) is 2.95. The normalized spacial score (nSPS) is 17.4. The largest absolute Gasteiger partial charge is 0.448 e. The van der Waals surface area contributed by atoms with E-state index in [0.29, 0.717) is 5.22 Å². The van der Waals surface area contributed by atoms with Crippen molar-refractivity contribution in [2.75, 3.05) is 0 Å². The highest BCUT2D eigenvalue weighted by Gasteiger charge is 2.37. The van der Waals surface area contributed by atoms with Gasteiger partial charge in [-0.05, 0) is 56.3 Å². The van der Waals surface area contributed by atoms with Crippen LogP contribution in [0, 0.1) is 5.92 Å². The lowest BCUT2D eigenvalue weighted by Gasteiger charge is -2.25. The summed E-state index contributed by atoms with van der Waals surface area (Å²) >= 11 is 5.69. The lowest BCUT2D eigenvalue weighted by molar-refractivity contribution is 0.323. The van der Waals surface area contributed by atoms with Crippen LogP contribution in [-0.2, 0) is 6.54 Å². The smallest absolute Gasteiger partial charge is 0.193 e. The molecule has 14 heavy (non-hydrogen) atoms. The number of rotatable bonds is 4. The van der Waals surface area contributed by atoms with Crippen LogP contribution >= 0.6 is 11.6 Å². The Morgan fingerprint density at radius 1 is 1.50 bits per heavy atom. The molecule has 1 fully saturated rings. The van der Waals surface area contributed by atoms with Crippen molar-refractivity contribution in [3.05, 3.63) is 23.1 Å². The molecule has 0 atom stereocenters. The zero-order valence-corrected chi connectivity index (χ0v) is 9.40. The van der Waals surface area contributed by atoms with Gasteiger partial charge in [0.2, 0.25) is 0 Å². The van der Waals surface area contributed by atoms with E-state index in [9.17, 15) is 0 Å². The van der Waals surface area contributed by atoms with E-state index < -0.39 is 0 Å². The summed E-state index contributed by atoms with van der Waals surface area (Å²) in [5.74, 6) is 1.73. The lowest BCUT2D eigenvalue weighted by atomic mass is 9.99. The van der Waals surface area contributed by atoms with Crippen LogP contribution in [0.1, 0.15) is 32.4 Å². The van der Waals surface area contributed by atoms with Crippen LogP contribution in [0.15, 0.2) is 16.5 Å². The monoisotopic (exact) mass is 213 g/mol. The Hall–Kier alpha value is -0.470. The molecule has 1 aliphatic rings. The van der Waals surface area contributed by atoms with Crippen LogP contribution < -0.4 is 5.32 Å². The second-order valence-electron chi connectivity index (χ2n) is 4.56. The fourth-order valence-corrected chi connectivity index (χ4v) is 1.87. The topological polar surface area (TPSA) is 25.2 Å². The molecule has 0 saturated heterocycles. The van der Waals surface area contributed by atoms with E-state index in [1.807, 2.05) is 6.07 Å². The maximum Gasteiger partial charge on any atom is 0.193 e. The minimum atomic E-state index is 0.221. The van der Waals surface area contributed by atoms with Gasteiger partial charge >= 0.3 is 0 Å². The van der Waals surface area contributed by atoms with E-state index in [4.69, 9.17) is 16.0 Å². The second-order valence-corrected chi connectivity index (χ2v) is 4.93. The third-order valence-corrected chi connectivity index (χ3v) is 3.15. The molecule has 2 nitrogen and oxygen atoms in total. The van der Waals surface area contributed by atoms with E-state index in [1.54, 1.807) is 6.07 Å². The van der Waals surface area contributed by atoms with Crippen molar-refractivity contribution < 1.29 is 4.42 Å². The number of nitrogens with one attached hydrogen (secondary N) is 1. The summed E-state index contributed by atoms with van der Waals surface area (Å²) in [6.45, 7) is 5.25. The number of hydrogen-bond donors (Lipinski definition) is 1.